The van der Waals surface area contributed by atoms with E-state index < -0.39 is 6.10 Å². The molecule has 3 aromatic carbocycles. The van der Waals surface area contributed by atoms with Gasteiger partial charge in [-0.05, 0) is 53.1 Å². The van der Waals surface area contributed by atoms with Crippen molar-refractivity contribution in [1.82, 2.24) is 5.01 Å². The second-order valence-electron chi connectivity index (χ2n) is 7.14. The molecule has 1 saturated heterocycles. The van der Waals surface area contributed by atoms with Gasteiger partial charge in [-0.1, -0.05) is 42.5 Å². The number of methoxy groups -OCH3 is 2. The molecule has 0 unspecified atom stereocenters. The number of nitrogens with zero attached hydrogens (tertiary/aromatic N) is 2. The molecule has 0 radical (unpaired) electrons. The van der Waals surface area contributed by atoms with Crippen molar-refractivity contribution in [3.8, 4) is 11.5 Å². The van der Waals surface area contributed by atoms with Crippen molar-refractivity contribution in [3.05, 3.63) is 95.6 Å². The Labute approximate surface area is 181 Å². The summed E-state index contributed by atoms with van der Waals surface area (Å²) in [5, 5.41) is 5.92. The van der Waals surface area contributed by atoms with Crippen LogP contribution in [0.15, 0.2) is 84.0 Å². The van der Waals surface area contributed by atoms with Crippen LogP contribution in [-0.2, 0) is 16.1 Å². The molecule has 6 heteroatoms. The first-order valence-corrected chi connectivity index (χ1v) is 10.00. The van der Waals surface area contributed by atoms with Crippen molar-refractivity contribution in [2.45, 2.75) is 18.8 Å². The standard InChI is InChI=1S/C25H24N2O4/c1-29-21-12-8-18(9-13-21)16-26-27-23(20-10-14-22(30-2)15-11-20)24(25(27)28)31-17-19-6-4-3-5-7-19/h3-16,23-24H,17H2,1-2H3/b26-16+/t23-,24+/m0/s1. The SMILES string of the molecule is COc1ccc(/C=N/N2C(=O)[C@H](OCc3ccccc3)[C@@H]2c2ccc(OC)cc2)cc1. The third-order valence-electron chi connectivity index (χ3n) is 5.20. The zero-order valence-electron chi connectivity index (χ0n) is 17.5. The van der Waals surface area contributed by atoms with Crippen LogP contribution in [0.5, 0.6) is 11.5 Å². The maximum atomic E-state index is 12.9. The van der Waals surface area contributed by atoms with Crippen LogP contribution in [0.1, 0.15) is 22.7 Å². The average molecular weight is 416 g/mol. The number of carbonyl (C=O) groups is 1. The number of β-lactam (4-membered cyclic amide) rings is 1. The van der Waals surface area contributed by atoms with Gasteiger partial charge in [0.1, 0.15) is 17.5 Å². The van der Waals surface area contributed by atoms with Crippen LogP contribution in [0.4, 0.5) is 0 Å². The lowest BCUT2D eigenvalue weighted by Crippen LogP contribution is -2.57. The Hall–Kier alpha value is -3.64. The maximum Gasteiger partial charge on any atom is 0.275 e. The lowest BCUT2D eigenvalue weighted by molar-refractivity contribution is -0.176. The molecule has 158 valence electrons. The van der Waals surface area contributed by atoms with Crippen molar-refractivity contribution in [1.29, 1.82) is 0 Å². The van der Waals surface area contributed by atoms with Crippen LogP contribution >= 0.6 is 0 Å². The fraction of sp³-hybridized carbons (Fsp3) is 0.200. The Balaban J connectivity index is 1.53. The summed E-state index contributed by atoms with van der Waals surface area (Å²) in [5.74, 6) is 1.36. The summed E-state index contributed by atoms with van der Waals surface area (Å²) in [6, 6.07) is 24.6. The normalized spacial score (nSPS) is 18.1. The van der Waals surface area contributed by atoms with Crippen LogP contribution in [0.25, 0.3) is 0 Å². The van der Waals surface area contributed by atoms with Gasteiger partial charge in [0, 0.05) is 0 Å². The second kappa shape index (κ2) is 9.45. The van der Waals surface area contributed by atoms with Crippen LogP contribution in [-0.4, -0.2) is 37.5 Å². The largest absolute Gasteiger partial charge is 0.497 e. The first-order valence-electron chi connectivity index (χ1n) is 10.00. The molecule has 3 aromatic rings. The summed E-state index contributed by atoms with van der Waals surface area (Å²) in [5.41, 5.74) is 2.82. The van der Waals surface area contributed by atoms with Gasteiger partial charge in [-0.3, -0.25) is 4.79 Å². The highest BCUT2D eigenvalue weighted by Crippen LogP contribution is 2.38. The quantitative estimate of drug-likeness (QED) is 0.408. The molecule has 0 spiro atoms. The number of carbonyl (C=O) groups excluding carboxylic acids is 1. The van der Waals surface area contributed by atoms with Gasteiger partial charge in [-0.25, -0.2) is 5.01 Å². The average Bonchev–Trinajstić information content (AvgIpc) is 2.83. The minimum atomic E-state index is -0.596. The Bertz CT molecular complexity index is 1030. The molecule has 1 amide bonds. The molecule has 0 bridgehead atoms. The molecule has 4 rings (SSSR count). The van der Waals surface area contributed by atoms with Gasteiger partial charge in [0.25, 0.3) is 5.91 Å². The minimum absolute atomic E-state index is 0.165. The Morgan fingerprint density at radius 1 is 0.871 bits per heavy atom. The molecule has 1 heterocycles. The van der Waals surface area contributed by atoms with Crippen LogP contribution in [0.2, 0.25) is 0 Å². The summed E-state index contributed by atoms with van der Waals surface area (Å²) in [7, 11) is 3.25. The Kier molecular flexibility index (Phi) is 6.29. The Morgan fingerprint density at radius 2 is 1.48 bits per heavy atom. The van der Waals surface area contributed by atoms with Gasteiger partial charge < -0.3 is 14.2 Å². The predicted octanol–water partition coefficient (Wildman–Crippen LogP) is 4.21. The van der Waals surface area contributed by atoms with Crippen molar-refractivity contribution < 1.29 is 19.0 Å². The van der Waals surface area contributed by atoms with Crippen LogP contribution in [0.3, 0.4) is 0 Å². The van der Waals surface area contributed by atoms with Gasteiger partial charge in [0.05, 0.1) is 27.0 Å². The van der Waals surface area contributed by atoms with E-state index in [-0.39, 0.29) is 11.9 Å². The number of hydrazone groups is 1. The highest BCUT2D eigenvalue weighted by molar-refractivity contribution is 5.90. The van der Waals surface area contributed by atoms with Gasteiger partial charge in [0.15, 0.2) is 6.10 Å². The van der Waals surface area contributed by atoms with E-state index in [2.05, 4.69) is 5.10 Å². The molecule has 1 fully saturated rings. The van der Waals surface area contributed by atoms with E-state index in [0.717, 1.165) is 28.2 Å². The van der Waals surface area contributed by atoms with Crippen molar-refractivity contribution >= 4 is 12.1 Å². The molecule has 31 heavy (non-hydrogen) atoms. The fourth-order valence-electron chi connectivity index (χ4n) is 3.44. The molecule has 0 N–H and O–H groups in total. The molecule has 6 nitrogen and oxygen atoms in total. The monoisotopic (exact) mass is 416 g/mol. The zero-order valence-corrected chi connectivity index (χ0v) is 17.5. The third-order valence-corrected chi connectivity index (χ3v) is 5.20. The van der Waals surface area contributed by atoms with Gasteiger partial charge in [0.2, 0.25) is 0 Å². The highest BCUT2D eigenvalue weighted by atomic mass is 16.5. The maximum absolute atomic E-state index is 12.9. The molecular weight excluding hydrogens is 392 g/mol. The number of hydrogen-bond acceptors (Lipinski definition) is 5. The van der Waals surface area contributed by atoms with E-state index >= 15 is 0 Å². The van der Waals surface area contributed by atoms with E-state index in [9.17, 15) is 4.79 Å². The number of amides is 1. The smallest absolute Gasteiger partial charge is 0.275 e. The van der Waals surface area contributed by atoms with Gasteiger partial charge in [-0.15, -0.1) is 0 Å². The van der Waals surface area contributed by atoms with E-state index in [0.29, 0.717) is 6.61 Å². The molecule has 1 aliphatic rings. The summed E-state index contributed by atoms with van der Waals surface area (Å²) in [6.07, 6.45) is 1.07. The van der Waals surface area contributed by atoms with Crippen molar-refractivity contribution in [2.75, 3.05) is 14.2 Å². The molecule has 2 atom stereocenters. The van der Waals surface area contributed by atoms with Crippen molar-refractivity contribution in [2.24, 2.45) is 5.10 Å². The number of hydrogen-bond donors (Lipinski definition) is 0. The lowest BCUT2D eigenvalue weighted by Gasteiger charge is -2.43. The van der Waals surface area contributed by atoms with Crippen molar-refractivity contribution in [3.63, 3.8) is 0 Å². The first-order chi connectivity index (χ1) is 15.2. The number of ether oxygens (including phenoxy) is 3. The van der Waals surface area contributed by atoms with Crippen LogP contribution in [0, 0.1) is 0 Å². The molecular formula is C25H24N2O4. The number of benzene rings is 3. The Morgan fingerprint density at radius 3 is 2.10 bits per heavy atom. The first kappa shape index (κ1) is 20.6. The van der Waals surface area contributed by atoms with E-state index in [4.69, 9.17) is 14.2 Å². The summed E-state index contributed by atoms with van der Waals surface area (Å²) in [4.78, 5) is 12.9. The predicted molar refractivity (Wildman–Crippen MR) is 118 cm³/mol. The molecule has 1 aliphatic heterocycles. The highest BCUT2D eigenvalue weighted by Gasteiger charge is 2.49. The summed E-state index contributed by atoms with van der Waals surface area (Å²) >= 11 is 0. The molecule has 0 aromatic heterocycles. The molecule has 0 aliphatic carbocycles. The third kappa shape index (κ3) is 4.59. The molecule has 0 saturated carbocycles. The second-order valence-corrected chi connectivity index (χ2v) is 7.14. The zero-order chi connectivity index (χ0) is 21.6. The van der Waals surface area contributed by atoms with E-state index in [1.807, 2.05) is 78.9 Å². The number of rotatable bonds is 8. The topological polar surface area (TPSA) is 60.4 Å². The van der Waals surface area contributed by atoms with Gasteiger partial charge in [-0.2, -0.15) is 5.10 Å². The van der Waals surface area contributed by atoms with E-state index in [1.165, 1.54) is 5.01 Å². The fourth-order valence-corrected chi connectivity index (χ4v) is 3.44. The van der Waals surface area contributed by atoms with Crippen LogP contribution < -0.4 is 9.47 Å². The summed E-state index contributed by atoms with van der Waals surface area (Å²) < 4.78 is 16.4. The van der Waals surface area contributed by atoms with E-state index in [1.54, 1.807) is 20.4 Å². The lowest BCUT2D eigenvalue weighted by atomic mass is 9.92. The van der Waals surface area contributed by atoms with Gasteiger partial charge >= 0.3 is 0 Å². The minimum Gasteiger partial charge on any atom is -0.497 e. The summed E-state index contributed by atoms with van der Waals surface area (Å²) in [6.45, 7) is 0.361.